The lowest BCUT2D eigenvalue weighted by molar-refractivity contribution is -0.135. The third-order valence-corrected chi connectivity index (χ3v) is 3.84. The molecule has 1 aromatic carbocycles. The van der Waals surface area contributed by atoms with Gasteiger partial charge in [-0.15, -0.1) is 0 Å². The molecule has 1 aliphatic rings. The van der Waals surface area contributed by atoms with Crippen molar-refractivity contribution in [2.24, 2.45) is 5.73 Å². The van der Waals surface area contributed by atoms with Crippen LogP contribution in [0.1, 0.15) is 12.5 Å². The zero-order chi connectivity index (χ0) is 17.4. The summed E-state index contributed by atoms with van der Waals surface area (Å²) >= 11 is 0. The highest BCUT2D eigenvalue weighted by Gasteiger charge is 2.27. The third kappa shape index (κ3) is 5.21. The first-order valence-electron chi connectivity index (χ1n) is 8.19. The Bertz CT molecular complexity index is 530. The quantitative estimate of drug-likeness (QED) is 0.832. The predicted molar refractivity (Wildman–Crippen MR) is 89.2 cm³/mol. The smallest absolute Gasteiger partial charge is 0.409 e. The molecule has 0 spiro atoms. The van der Waals surface area contributed by atoms with Gasteiger partial charge in [0.05, 0.1) is 19.8 Å². The van der Waals surface area contributed by atoms with Gasteiger partial charge in [-0.3, -0.25) is 4.79 Å². The number of hydrogen-bond donors (Lipinski definition) is 1. The van der Waals surface area contributed by atoms with Gasteiger partial charge in [-0.25, -0.2) is 4.79 Å². The number of piperazine rings is 1. The van der Waals surface area contributed by atoms with Crippen LogP contribution >= 0.6 is 0 Å². The molecule has 0 bridgehead atoms. The maximum Gasteiger partial charge on any atom is 0.409 e. The van der Waals surface area contributed by atoms with Gasteiger partial charge >= 0.3 is 6.09 Å². The molecule has 0 radical (unpaired) electrons. The molecule has 7 heteroatoms. The standard InChI is InChI=1S/C17H25N3O4/c1-2-24-17(22)20-10-8-19(9-11-20)16(21)15(18)13-23-12-14-6-4-3-5-7-14/h3-7,15H,2,8-13,18H2,1H3. The summed E-state index contributed by atoms with van der Waals surface area (Å²) < 4.78 is 10.5. The summed E-state index contributed by atoms with van der Waals surface area (Å²) in [5, 5.41) is 0. The first-order valence-corrected chi connectivity index (χ1v) is 8.19. The summed E-state index contributed by atoms with van der Waals surface area (Å²) in [5.41, 5.74) is 6.97. The highest BCUT2D eigenvalue weighted by molar-refractivity contribution is 5.82. The molecule has 1 saturated heterocycles. The average Bonchev–Trinajstić information content (AvgIpc) is 2.62. The molecule has 1 heterocycles. The largest absolute Gasteiger partial charge is 0.450 e. The number of nitrogens with zero attached hydrogens (tertiary/aromatic N) is 2. The number of amides is 2. The number of rotatable bonds is 6. The van der Waals surface area contributed by atoms with Crippen molar-refractivity contribution < 1.29 is 19.1 Å². The lowest BCUT2D eigenvalue weighted by atomic mass is 10.2. The highest BCUT2D eigenvalue weighted by atomic mass is 16.6. The van der Waals surface area contributed by atoms with Crippen molar-refractivity contribution in [3.63, 3.8) is 0 Å². The van der Waals surface area contributed by atoms with E-state index in [1.807, 2.05) is 30.3 Å². The maximum atomic E-state index is 12.3. The van der Waals surface area contributed by atoms with E-state index in [0.29, 0.717) is 39.4 Å². The van der Waals surface area contributed by atoms with Gasteiger partial charge in [-0.1, -0.05) is 30.3 Å². The SMILES string of the molecule is CCOC(=O)N1CCN(C(=O)C(N)COCc2ccccc2)CC1. The summed E-state index contributed by atoms with van der Waals surface area (Å²) in [6.07, 6.45) is -0.333. The van der Waals surface area contributed by atoms with Crippen LogP contribution in [0, 0.1) is 0 Å². The number of nitrogens with two attached hydrogens (primary N) is 1. The van der Waals surface area contributed by atoms with Crippen molar-refractivity contribution in [1.82, 2.24) is 9.80 Å². The van der Waals surface area contributed by atoms with Crippen molar-refractivity contribution in [2.75, 3.05) is 39.4 Å². The van der Waals surface area contributed by atoms with Crippen LogP contribution in [0.3, 0.4) is 0 Å². The number of carbonyl (C=O) groups is 2. The monoisotopic (exact) mass is 335 g/mol. The van der Waals surface area contributed by atoms with E-state index >= 15 is 0 Å². The van der Waals surface area contributed by atoms with Gasteiger partial charge in [0.15, 0.2) is 0 Å². The minimum Gasteiger partial charge on any atom is -0.450 e. The Balaban J connectivity index is 1.71. The molecule has 132 valence electrons. The average molecular weight is 335 g/mol. The summed E-state index contributed by atoms with van der Waals surface area (Å²) in [5.74, 6) is -0.147. The predicted octanol–water partition coefficient (Wildman–Crippen LogP) is 0.831. The Morgan fingerprint density at radius 1 is 1.12 bits per heavy atom. The molecular weight excluding hydrogens is 310 g/mol. The van der Waals surface area contributed by atoms with Crippen molar-refractivity contribution >= 4 is 12.0 Å². The molecular formula is C17H25N3O4. The van der Waals surface area contributed by atoms with Crippen molar-refractivity contribution in [1.29, 1.82) is 0 Å². The van der Waals surface area contributed by atoms with E-state index in [0.717, 1.165) is 5.56 Å². The van der Waals surface area contributed by atoms with Crippen LogP contribution < -0.4 is 5.73 Å². The molecule has 0 aromatic heterocycles. The van der Waals surface area contributed by atoms with E-state index in [1.54, 1.807) is 16.7 Å². The number of carbonyl (C=O) groups excluding carboxylic acids is 2. The zero-order valence-electron chi connectivity index (χ0n) is 14.0. The first-order chi connectivity index (χ1) is 11.6. The lowest BCUT2D eigenvalue weighted by Crippen LogP contribution is -2.55. The molecule has 2 N–H and O–H groups in total. The van der Waals surface area contributed by atoms with Crippen LogP contribution in [0.5, 0.6) is 0 Å². The van der Waals surface area contributed by atoms with Crippen LogP contribution in [0.2, 0.25) is 0 Å². The molecule has 2 amide bonds. The molecule has 7 nitrogen and oxygen atoms in total. The van der Waals surface area contributed by atoms with Crippen LogP contribution in [0.15, 0.2) is 30.3 Å². The summed E-state index contributed by atoms with van der Waals surface area (Å²) in [7, 11) is 0. The van der Waals surface area contributed by atoms with Crippen LogP contribution in [0.4, 0.5) is 4.79 Å². The van der Waals surface area contributed by atoms with Gasteiger partial charge in [0.2, 0.25) is 5.91 Å². The van der Waals surface area contributed by atoms with E-state index in [1.165, 1.54) is 0 Å². The van der Waals surface area contributed by atoms with Crippen molar-refractivity contribution in [2.45, 2.75) is 19.6 Å². The zero-order valence-corrected chi connectivity index (χ0v) is 14.0. The van der Waals surface area contributed by atoms with E-state index in [9.17, 15) is 9.59 Å². The Hall–Kier alpha value is -2.12. The summed E-state index contributed by atoms with van der Waals surface area (Å²) in [4.78, 5) is 27.2. The van der Waals surface area contributed by atoms with Gasteiger partial charge in [-0.05, 0) is 12.5 Å². The molecule has 1 fully saturated rings. The Morgan fingerprint density at radius 3 is 2.38 bits per heavy atom. The normalized spacial score (nSPS) is 15.9. The van der Waals surface area contributed by atoms with E-state index in [2.05, 4.69) is 0 Å². The van der Waals surface area contributed by atoms with Crippen LogP contribution in [-0.2, 0) is 20.9 Å². The van der Waals surface area contributed by atoms with Gasteiger partial charge in [0, 0.05) is 26.2 Å². The molecule has 0 saturated carbocycles. The number of hydrogen-bond acceptors (Lipinski definition) is 5. The Kier molecular flexibility index (Phi) is 7.02. The Labute approximate surface area is 142 Å². The van der Waals surface area contributed by atoms with Crippen LogP contribution in [0.25, 0.3) is 0 Å². The van der Waals surface area contributed by atoms with Crippen molar-refractivity contribution in [3.8, 4) is 0 Å². The molecule has 24 heavy (non-hydrogen) atoms. The topological polar surface area (TPSA) is 85.1 Å². The fourth-order valence-electron chi connectivity index (χ4n) is 2.51. The second-order valence-corrected chi connectivity index (χ2v) is 5.62. The van der Waals surface area contributed by atoms with Gasteiger partial charge in [-0.2, -0.15) is 0 Å². The van der Waals surface area contributed by atoms with Gasteiger partial charge in [0.25, 0.3) is 0 Å². The minimum atomic E-state index is -0.692. The minimum absolute atomic E-state index is 0.147. The molecule has 1 aromatic rings. The fraction of sp³-hybridized carbons (Fsp3) is 0.529. The van der Waals surface area contributed by atoms with E-state index in [4.69, 9.17) is 15.2 Å². The number of benzene rings is 1. The number of ether oxygens (including phenoxy) is 2. The Morgan fingerprint density at radius 2 is 1.75 bits per heavy atom. The van der Waals surface area contributed by atoms with Crippen LogP contribution in [-0.4, -0.2) is 67.2 Å². The maximum absolute atomic E-state index is 12.3. The van der Waals surface area contributed by atoms with Gasteiger partial charge in [0.1, 0.15) is 6.04 Å². The van der Waals surface area contributed by atoms with Crippen molar-refractivity contribution in [3.05, 3.63) is 35.9 Å². The second-order valence-electron chi connectivity index (χ2n) is 5.62. The first kappa shape index (κ1) is 18.2. The fourth-order valence-corrected chi connectivity index (χ4v) is 2.51. The van der Waals surface area contributed by atoms with E-state index in [-0.39, 0.29) is 18.6 Å². The highest BCUT2D eigenvalue weighted by Crippen LogP contribution is 2.06. The summed E-state index contributed by atoms with van der Waals surface area (Å²) in [6.45, 7) is 4.57. The molecule has 1 unspecified atom stereocenters. The summed E-state index contributed by atoms with van der Waals surface area (Å²) in [6, 6.07) is 9.04. The molecule has 0 aliphatic carbocycles. The second kappa shape index (κ2) is 9.24. The van der Waals surface area contributed by atoms with Gasteiger partial charge < -0.3 is 25.0 Å². The lowest BCUT2D eigenvalue weighted by Gasteiger charge is -2.35. The molecule has 1 aliphatic heterocycles. The molecule has 1 atom stereocenters. The van der Waals surface area contributed by atoms with E-state index < -0.39 is 6.04 Å². The molecule has 2 rings (SSSR count). The third-order valence-electron chi connectivity index (χ3n) is 3.84.